The molecule has 0 radical (unpaired) electrons. The molecule has 1 aromatic rings. The Balaban J connectivity index is 0.00000261. The van der Waals surface area contributed by atoms with Crippen LogP contribution in [-0.2, 0) is 14.8 Å². The Hall–Kier alpha value is -1.68. The lowest BCUT2D eigenvalue weighted by atomic mass is 10.0. The van der Waals surface area contributed by atoms with Gasteiger partial charge in [-0.2, -0.15) is 4.31 Å². The highest BCUT2D eigenvalue weighted by molar-refractivity contribution is 7.89. The van der Waals surface area contributed by atoms with Crippen LogP contribution in [0.1, 0.15) is 29.6 Å². The number of nitrogens with two attached hydrogens (primary N) is 1. The van der Waals surface area contributed by atoms with Gasteiger partial charge >= 0.3 is 0 Å². The van der Waals surface area contributed by atoms with Crippen LogP contribution in [0.3, 0.4) is 0 Å². The first-order valence-corrected chi connectivity index (χ1v) is 10.3. The highest BCUT2D eigenvalue weighted by atomic mass is 35.5. The van der Waals surface area contributed by atoms with Crippen LogP contribution >= 0.6 is 12.4 Å². The van der Waals surface area contributed by atoms with Crippen molar-refractivity contribution in [2.24, 2.45) is 5.73 Å². The molecule has 150 valence electrons. The Bertz CT molecular complexity index is 785. The van der Waals surface area contributed by atoms with E-state index in [1.807, 2.05) is 0 Å². The number of hydrogen-bond donors (Lipinski definition) is 2. The summed E-state index contributed by atoms with van der Waals surface area (Å²) in [7, 11) is -3.75. The highest BCUT2D eigenvalue weighted by Crippen LogP contribution is 2.21. The Morgan fingerprint density at radius 3 is 2.52 bits per heavy atom. The number of halogens is 1. The molecule has 3 N–H and O–H groups in total. The minimum absolute atomic E-state index is 0. The molecule has 3 rings (SSSR count). The molecule has 0 aromatic heterocycles. The number of amides is 2. The number of nitrogens with zero attached hydrogens (tertiary/aromatic N) is 2. The van der Waals surface area contributed by atoms with E-state index < -0.39 is 10.0 Å². The van der Waals surface area contributed by atoms with Crippen molar-refractivity contribution >= 4 is 34.2 Å². The van der Waals surface area contributed by atoms with Crippen LogP contribution in [0.2, 0.25) is 0 Å². The van der Waals surface area contributed by atoms with Gasteiger partial charge in [0.15, 0.2) is 0 Å². The summed E-state index contributed by atoms with van der Waals surface area (Å²) >= 11 is 0. The third-order valence-corrected chi connectivity index (χ3v) is 6.76. The number of rotatable bonds is 4. The van der Waals surface area contributed by atoms with Gasteiger partial charge in [0, 0.05) is 37.8 Å². The lowest BCUT2D eigenvalue weighted by Crippen LogP contribution is -2.49. The first-order valence-electron chi connectivity index (χ1n) is 8.81. The van der Waals surface area contributed by atoms with Crippen molar-refractivity contribution in [3.05, 3.63) is 29.8 Å². The van der Waals surface area contributed by atoms with E-state index in [-0.39, 0.29) is 48.2 Å². The number of nitrogens with one attached hydrogen (secondary N) is 1. The molecule has 2 aliphatic rings. The molecular formula is C17H25ClN4O4S. The van der Waals surface area contributed by atoms with Crippen molar-refractivity contribution in [1.82, 2.24) is 14.5 Å². The van der Waals surface area contributed by atoms with E-state index in [0.29, 0.717) is 25.2 Å². The molecule has 1 aromatic carbocycles. The number of sulfonamides is 1. The van der Waals surface area contributed by atoms with Gasteiger partial charge in [0.2, 0.25) is 15.9 Å². The molecule has 2 saturated heterocycles. The lowest BCUT2D eigenvalue weighted by Gasteiger charge is -2.35. The van der Waals surface area contributed by atoms with Gasteiger partial charge in [0.1, 0.15) is 0 Å². The van der Waals surface area contributed by atoms with Crippen LogP contribution in [0, 0.1) is 0 Å². The van der Waals surface area contributed by atoms with Crippen LogP contribution in [0.25, 0.3) is 0 Å². The van der Waals surface area contributed by atoms with Crippen molar-refractivity contribution in [3.63, 3.8) is 0 Å². The number of piperidine rings is 1. The summed E-state index contributed by atoms with van der Waals surface area (Å²) in [6, 6.07) is 5.95. The Kier molecular flexibility index (Phi) is 7.21. The summed E-state index contributed by atoms with van der Waals surface area (Å²) in [6.07, 6.45) is 2.91. The zero-order valence-corrected chi connectivity index (χ0v) is 16.6. The molecule has 2 aliphatic heterocycles. The summed E-state index contributed by atoms with van der Waals surface area (Å²) in [6.45, 7) is 1.44. The molecule has 27 heavy (non-hydrogen) atoms. The Labute approximate surface area is 165 Å². The summed E-state index contributed by atoms with van der Waals surface area (Å²) in [5, 5.41) is 2.60. The van der Waals surface area contributed by atoms with Crippen LogP contribution in [0.4, 0.5) is 0 Å². The topological polar surface area (TPSA) is 113 Å². The molecular weight excluding hydrogens is 392 g/mol. The van der Waals surface area contributed by atoms with E-state index in [1.54, 1.807) is 4.90 Å². The van der Waals surface area contributed by atoms with Crippen LogP contribution in [0.5, 0.6) is 0 Å². The van der Waals surface area contributed by atoms with Crippen molar-refractivity contribution in [2.75, 3.05) is 32.7 Å². The molecule has 0 bridgehead atoms. The summed E-state index contributed by atoms with van der Waals surface area (Å²) < 4.78 is 26.4. The number of piperazine rings is 1. The maximum absolute atomic E-state index is 12.7. The monoisotopic (exact) mass is 416 g/mol. The molecule has 2 amide bonds. The second-order valence-electron chi connectivity index (χ2n) is 6.60. The molecule has 10 heteroatoms. The maximum Gasteiger partial charge on any atom is 0.254 e. The minimum Gasteiger partial charge on any atom is -0.354 e. The molecule has 0 spiro atoms. The quantitative estimate of drug-likeness (QED) is 0.727. The van der Waals surface area contributed by atoms with Crippen molar-refractivity contribution in [2.45, 2.75) is 30.2 Å². The second kappa shape index (κ2) is 9.01. The van der Waals surface area contributed by atoms with Gasteiger partial charge in [-0.05, 0) is 43.5 Å². The average Bonchev–Trinajstić information content (AvgIpc) is 2.67. The highest BCUT2D eigenvalue weighted by Gasteiger charge is 2.30. The van der Waals surface area contributed by atoms with Gasteiger partial charge < -0.3 is 16.0 Å². The van der Waals surface area contributed by atoms with Crippen LogP contribution < -0.4 is 11.1 Å². The zero-order chi connectivity index (χ0) is 18.7. The third kappa shape index (κ3) is 4.60. The Morgan fingerprint density at radius 1 is 1.19 bits per heavy atom. The largest absolute Gasteiger partial charge is 0.354 e. The van der Waals surface area contributed by atoms with E-state index in [9.17, 15) is 18.0 Å². The molecule has 0 aliphatic carbocycles. The maximum atomic E-state index is 12.7. The molecule has 1 unspecified atom stereocenters. The smallest absolute Gasteiger partial charge is 0.254 e. The van der Waals surface area contributed by atoms with Gasteiger partial charge in [-0.3, -0.25) is 9.59 Å². The number of likely N-dealkylation sites (tertiary alicyclic amines) is 1. The first-order chi connectivity index (χ1) is 12.4. The molecule has 1 atom stereocenters. The van der Waals surface area contributed by atoms with Gasteiger partial charge in [0.05, 0.1) is 11.4 Å². The van der Waals surface area contributed by atoms with E-state index >= 15 is 0 Å². The lowest BCUT2D eigenvalue weighted by molar-refractivity contribution is -0.122. The van der Waals surface area contributed by atoms with Crippen LogP contribution in [-0.4, -0.2) is 68.2 Å². The number of carbonyl (C=O) groups excluding carboxylic acids is 2. The van der Waals surface area contributed by atoms with E-state index in [1.165, 1.54) is 24.3 Å². The summed E-state index contributed by atoms with van der Waals surface area (Å²) in [5.74, 6) is -0.439. The van der Waals surface area contributed by atoms with Gasteiger partial charge in [-0.1, -0.05) is 0 Å². The predicted octanol–water partition coefficient (Wildman–Crippen LogP) is 0.182. The summed E-state index contributed by atoms with van der Waals surface area (Å²) in [5.41, 5.74) is 6.22. The normalized spacial score (nSPS) is 21.3. The van der Waals surface area contributed by atoms with Crippen LogP contribution in [0.15, 0.2) is 29.2 Å². The standard InChI is InChI=1S/C17H24N4O4S.ClH/c18-11-14-3-1-2-9-21(14)17(23)13-4-6-15(7-5-13)26(24,25)20-10-8-19-16(22)12-20;/h4-7,14H,1-3,8-12,18H2,(H,19,22);1H. The minimum atomic E-state index is -3.75. The average molecular weight is 417 g/mol. The number of hydrogen-bond acceptors (Lipinski definition) is 5. The molecule has 8 nitrogen and oxygen atoms in total. The molecule has 2 fully saturated rings. The van der Waals surface area contributed by atoms with E-state index in [0.717, 1.165) is 23.6 Å². The SMILES string of the molecule is Cl.NCC1CCCCN1C(=O)c1ccc(S(=O)(=O)N2CCNC(=O)C2)cc1. The third-order valence-electron chi connectivity index (χ3n) is 4.90. The fourth-order valence-electron chi connectivity index (χ4n) is 3.42. The second-order valence-corrected chi connectivity index (χ2v) is 8.53. The number of carbonyl (C=O) groups is 2. The Morgan fingerprint density at radius 2 is 1.89 bits per heavy atom. The molecule has 0 saturated carbocycles. The molecule has 2 heterocycles. The van der Waals surface area contributed by atoms with Gasteiger partial charge in [-0.15, -0.1) is 12.4 Å². The van der Waals surface area contributed by atoms with E-state index in [2.05, 4.69) is 5.32 Å². The predicted molar refractivity (Wildman–Crippen MR) is 103 cm³/mol. The number of benzene rings is 1. The van der Waals surface area contributed by atoms with Crippen molar-refractivity contribution < 1.29 is 18.0 Å². The van der Waals surface area contributed by atoms with Gasteiger partial charge in [0.25, 0.3) is 5.91 Å². The first kappa shape index (κ1) is 21.6. The fraction of sp³-hybridized carbons (Fsp3) is 0.529. The zero-order valence-electron chi connectivity index (χ0n) is 15.0. The van der Waals surface area contributed by atoms with Crippen molar-refractivity contribution in [3.8, 4) is 0 Å². The van der Waals surface area contributed by atoms with E-state index in [4.69, 9.17) is 5.73 Å². The summed E-state index contributed by atoms with van der Waals surface area (Å²) in [4.78, 5) is 26.0. The van der Waals surface area contributed by atoms with Crippen molar-refractivity contribution in [1.29, 1.82) is 0 Å². The van der Waals surface area contributed by atoms with Gasteiger partial charge in [-0.25, -0.2) is 8.42 Å². The fourth-order valence-corrected chi connectivity index (χ4v) is 4.81.